The molecule has 1 aromatic carbocycles. The van der Waals surface area contributed by atoms with Crippen LogP contribution >= 0.6 is 0 Å². The number of pyridine rings is 1. The number of piperidine rings is 1. The van der Waals surface area contributed by atoms with Crippen LogP contribution in [0, 0.1) is 12.7 Å². The fourth-order valence-electron chi connectivity index (χ4n) is 3.41. The molecule has 13 heteroatoms. The van der Waals surface area contributed by atoms with Crippen molar-refractivity contribution < 1.29 is 33.6 Å². The first-order valence-corrected chi connectivity index (χ1v) is 13.3. The summed E-state index contributed by atoms with van der Waals surface area (Å²) in [6.45, 7) is 5.80. The molecule has 3 rings (SSSR count). The Labute approximate surface area is 200 Å². The Morgan fingerprint density at radius 2 is 1.94 bits per heavy atom. The maximum Gasteiger partial charge on any atom is 0.284 e. The summed E-state index contributed by atoms with van der Waals surface area (Å²) in [5.41, 5.74) is 3.12. The number of aromatic nitrogens is 1. The van der Waals surface area contributed by atoms with Gasteiger partial charge in [0.15, 0.2) is 0 Å². The number of hydrogen-bond acceptors (Lipinski definition) is 7. The zero-order chi connectivity index (χ0) is 24.9. The molecule has 10 nitrogen and oxygen atoms in total. The molecule has 1 fully saturated rings. The minimum atomic E-state index is -4.32. The van der Waals surface area contributed by atoms with Crippen LogP contribution in [0.15, 0.2) is 53.3 Å². The van der Waals surface area contributed by atoms with Gasteiger partial charge in [-0.2, -0.15) is 4.31 Å². The van der Waals surface area contributed by atoms with Crippen LogP contribution < -0.4 is 10.3 Å². The molecule has 0 aliphatic carbocycles. The molecule has 188 valence electrons. The second-order valence-electron chi connectivity index (χ2n) is 7.61. The number of halogens is 1. The van der Waals surface area contributed by atoms with Gasteiger partial charge in [0.2, 0.25) is 10.0 Å². The first kappa shape index (κ1) is 25.9. The van der Waals surface area contributed by atoms with Crippen LogP contribution in [-0.4, -0.2) is 51.2 Å². The number of benzene rings is 1. The smallest absolute Gasteiger partial charge is 0.284 e. The molecule has 0 unspecified atom stereocenters. The molecule has 0 atom stereocenters. The van der Waals surface area contributed by atoms with E-state index in [0.717, 1.165) is 17.5 Å². The van der Waals surface area contributed by atoms with E-state index in [9.17, 15) is 26.0 Å². The summed E-state index contributed by atoms with van der Waals surface area (Å²) in [4.78, 5) is 17.8. The number of hydrogen-bond donors (Lipinski definition) is 2. The maximum absolute atomic E-state index is 13.8. The van der Waals surface area contributed by atoms with E-state index in [-0.39, 0.29) is 21.3 Å². The van der Waals surface area contributed by atoms with Gasteiger partial charge in [-0.25, -0.2) is 26.2 Å². The number of carbonyl (C=O) groups is 1. The monoisotopic (exact) mass is 516 g/mol. The number of amides is 1. The van der Waals surface area contributed by atoms with Crippen molar-refractivity contribution >= 4 is 26.0 Å². The number of aryl methyl sites for hydroxylation is 1. The highest BCUT2D eigenvalue weighted by Crippen LogP contribution is 2.19. The lowest BCUT2D eigenvalue weighted by atomic mass is 10.1. The summed E-state index contributed by atoms with van der Waals surface area (Å²) >= 11 is 0. The van der Waals surface area contributed by atoms with Crippen LogP contribution in [0.4, 0.5) is 4.39 Å². The number of rotatable bonds is 9. The number of carbonyl (C=O) groups excluding carboxylic acids is 1. The molecule has 34 heavy (non-hydrogen) atoms. The van der Waals surface area contributed by atoms with Gasteiger partial charge < -0.3 is 4.74 Å². The molecule has 2 heterocycles. The quantitative estimate of drug-likeness (QED) is 0.487. The van der Waals surface area contributed by atoms with Gasteiger partial charge in [0.25, 0.3) is 15.9 Å². The highest BCUT2D eigenvalue weighted by molar-refractivity contribution is 7.92. The van der Waals surface area contributed by atoms with Crippen molar-refractivity contribution in [2.24, 2.45) is 0 Å². The predicted molar refractivity (Wildman–Crippen MR) is 126 cm³/mol. The Bertz CT molecular complexity index is 1290. The highest BCUT2D eigenvalue weighted by atomic mass is 32.2. The Hall–Kier alpha value is -2.71. The fourth-order valence-corrected chi connectivity index (χ4v) is 5.26. The summed E-state index contributed by atoms with van der Waals surface area (Å²) in [6.07, 6.45) is 0.875. The van der Waals surface area contributed by atoms with Crippen LogP contribution in [0.25, 0.3) is 0 Å². The van der Waals surface area contributed by atoms with E-state index in [1.54, 1.807) is 13.0 Å². The van der Waals surface area contributed by atoms with Crippen molar-refractivity contribution in [2.45, 2.75) is 37.4 Å². The number of hydrazine groups is 1. The lowest BCUT2D eigenvalue weighted by Crippen LogP contribution is -2.42. The lowest BCUT2D eigenvalue weighted by Gasteiger charge is -2.30. The van der Waals surface area contributed by atoms with Gasteiger partial charge in [-0.15, -0.1) is 4.83 Å². The number of nitrogens with zero attached hydrogens (tertiary/aromatic N) is 2. The molecule has 2 N–H and O–H groups in total. The zero-order valence-corrected chi connectivity index (χ0v) is 20.0. The summed E-state index contributed by atoms with van der Waals surface area (Å²) in [5, 5.41) is 0.928. The van der Waals surface area contributed by atoms with Crippen LogP contribution in [-0.2, 0) is 31.4 Å². The number of sulfonamides is 2. The molecule has 1 aliphatic heterocycles. The lowest BCUT2D eigenvalue weighted by molar-refractivity contribution is 0.0103. The second-order valence-corrected chi connectivity index (χ2v) is 11.1. The molecule has 0 bridgehead atoms. The van der Waals surface area contributed by atoms with Gasteiger partial charge in [-0.3, -0.25) is 10.2 Å². The number of ether oxygens (including phenoxy) is 1. The molecule has 2 aromatic rings. The Balaban J connectivity index is 0.00000324. The van der Waals surface area contributed by atoms with Crippen LogP contribution in [0.1, 0.15) is 37.4 Å². The van der Waals surface area contributed by atoms with Crippen molar-refractivity contribution in [1.29, 1.82) is 0 Å². The van der Waals surface area contributed by atoms with Crippen molar-refractivity contribution in [3.8, 4) is 0 Å². The fraction of sp³-hybridized carbons (Fsp3) is 0.333. The standard InChI is InChI=1S/C21H25FN4O6S2.2H2/c1-3-33(28,29)26-10-8-17(9-11-26)32-14-16-12-15(2)23-19(13-16)21(27)24-25-34(30,31)20-7-5-4-6-18(20)22;;/h3-7,12-13,17,25H,1,8-11,14H2,2H3,(H,24,27);2*1H. The molecular weight excluding hydrogens is 487 g/mol. The minimum Gasteiger partial charge on any atom is -0.373 e. The SMILES string of the molecule is C=CS(=O)(=O)N1CCC(OCc2cc(C)nc(C(=O)NNS(=O)(=O)c3ccccc3F)c2)CC1.[HH].[HH]. The van der Waals surface area contributed by atoms with E-state index in [0.29, 0.717) is 37.2 Å². The topological polar surface area (TPSA) is 135 Å². The van der Waals surface area contributed by atoms with E-state index in [2.05, 4.69) is 11.6 Å². The molecule has 0 radical (unpaired) electrons. The third-order valence-corrected chi connectivity index (χ3v) is 7.92. The first-order valence-electron chi connectivity index (χ1n) is 10.3. The van der Waals surface area contributed by atoms with Gasteiger partial charge in [0, 0.05) is 27.0 Å². The molecule has 1 saturated heterocycles. The van der Waals surface area contributed by atoms with E-state index >= 15 is 0 Å². The van der Waals surface area contributed by atoms with Crippen molar-refractivity contribution in [3.63, 3.8) is 0 Å². The van der Waals surface area contributed by atoms with Gasteiger partial charge >= 0.3 is 0 Å². The minimum absolute atomic E-state index is 0. The average Bonchev–Trinajstić information content (AvgIpc) is 2.81. The molecule has 0 saturated carbocycles. The normalized spacial score (nSPS) is 15.7. The summed E-state index contributed by atoms with van der Waals surface area (Å²) in [6, 6.07) is 7.94. The van der Waals surface area contributed by atoms with Crippen molar-refractivity contribution in [1.82, 2.24) is 19.5 Å². The van der Waals surface area contributed by atoms with E-state index in [1.807, 2.05) is 10.3 Å². The molecule has 1 amide bonds. The third-order valence-electron chi connectivity index (χ3n) is 5.13. The summed E-state index contributed by atoms with van der Waals surface area (Å²) in [7, 11) is -7.77. The molecular formula is C21H29FN4O6S2. The predicted octanol–water partition coefficient (Wildman–Crippen LogP) is 2.10. The number of nitrogens with one attached hydrogen (secondary N) is 2. The third kappa shape index (κ3) is 6.45. The van der Waals surface area contributed by atoms with Gasteiger partial charge in [0.1, 0.15) is 16.4 Å². The van der Waals surface area contributed by atoms with Crippen molar-refractivity contribution in [2.75, 3.05) is 13.1 Å². The van der Waals surface area contributed by atoms with Gasteiger partial charge in [0.05, 0.1) is 12.7 Å². The Morgan fingerprint density at radius 1 is 1.26 bits per heavy atom. The van der Waals surface area contributed by atoms with Crippen LogP contribution in [0.5, 0.6) is 0 Å². The zero-order valence-electron chi connectivity index (χ0n) is 18.4. The largest absolute Gasteiger partial charge is 0.373 e. The van der Waals surface area contributed by atoms with Crippen LogP contribution in [0.2, 0.25) is 0 Å². The molecule has 0 spiro atoms. The second kappa shape index (κ2) is 10.7. The highest BCUT2D eigenvalue weighted by Gasteiger charge is 2.26. The molecule has 1 aromatic heterocycles. The first-order chi connectivity index (χ1) is 16.0. The Morgan fingerprint density at radius 3 is 2.59 bits per heavy atom. The van der Waals surface area contributed by atoms with E-state index in [1.165, 1.54) is 22.5 Å². The van der Waals surface area contributed by atoms with E-state index < -0.39 is 36.7 Å². The summed E-state index contributed by atoms with van der Waals surface area (Å²) in [5.74, 6) is -1.78. The van der Waals surface area contributed by atoms with Crippen LogP contribution in [0.3, 0.4) is 0 Å². The van der Waals surface area contributed by atoms with Gasteiger partial charge in [-0.05, 0) is 49.6 Å². The maximum atomic E-state index is 13.8. The average molecular weight is 517 g/mol. The summed E-state index contributed by atoms with van der Waals surface area (Å²) < 4.78 is 69.2. The van der Waals surface area contributed by atoms with Gasteiger partial charge in [-0.1, -0.05) is 18.7 Å². The van der Waals surface area contributed by atoms with Crippen molar-refractivity contribution in [3.05, 3.63) is 71.2 Å². The molecule has 1 aliphatic rings. The Kier molecular flexibility index (Phi) is 8.15. The van der Waals surface area contributed by atoms with E-state index in [4.69, 9.17) is 4.74 Å².